The molecule has 0 radical (unpaired) electrons. The van der Waals surface area contributed by atoms with E-state index in [2.05, 4.69) is 42.1 Å². The standard InChI is InChI=1S/C14H25N3O2/c1-5-7-16-11-15-9-12(16)10-17(14(2,3)4)8-6-13(18)19/h9,11H,5-8,10H2,1-4H3,(H,18,19). The summed E-state index contributed by atoms with van der Waals surface area (Å²) in [7, 11) is 0. The van der Waals surface area contributed by atoms with Crippen molar-refractivity contribution in [3.63, 3.8) is 0 Å². The van der Waals surface area contributed by atoms with E-state index in [1.54, 1.807) is 0 Å². The van der Waals surface area contributed by atoms with Crippen LogP contribution in [0.15, 0.2) is 12.5 Å². The molecule has 0 saturated heterocycles. The third-order valence-corrected chi connectivity index (χ3v) is 3.16. The minimum absolute atomic E-state index is 0.0588. The number of rotatable bonds is 7. The molecule has 0 atom stereocenters. The van der Waals surface area contributed by atoms with Crippen molar-refractivity contribution in [1.29, 1.82) is 0 Å². The maximum Gasteiger partial charge on any atom is 0.304 e. The topological polar surface area (TPSA) is 58.4 Å². The van der Waals surface area contributed by atoms with Crippen molar-refractivity contribution >= 4 is 5.97 Å². The second-order valence-corrected chi connectivity index (χ2v) is 5.81. The monoisotopic (exact) mass is 267 g/mol. The molecule has 0 aromatic carbocycles. The summed E-state index contributed by atoms with van der Waals surface area (Å²) in [5.41, 5.74) is 1.08. The van der Waals surface area contributed by atoms with Gasteiger partial charge in [-0.3, -0.25) is 9.69 Å². The van der Waals surface area contributed by atoms with Gasteiger partial charge in [0.2, 0.25) is 0 Å². The molecule has 108 valence electrons. The Balaban J connectivity index is 2.76. The van der Waals surface area contributed by atoms with Crippen LogP contribution >= 0.6 is 0 Å². The first-order valence-corrected chi connectivity index (χ1v) is 6.80. The van der Waals surface area contributed by atoms with Gasteiger partial charge in [-0.05, 0) is 27.2 Å². The van der Waals surface area contributed by atoms with Crippen molar-refractivity contribution in [3.8, 4) is 0 Å². The minimum Gasteiger partial charge on any atom is -0.481 e. The van der Waals surface area contributed by atoms with Gasteiger partial charge in [-0.15, -0.1) is 0 Å². The van der Waals surface area contributed by atoms with Crippen LogP contribution in [0, 0.1) is 0 Å². The van der Waals surface area contributed by atoms with E-state index in [-0.39, 0.29) is 12.0 Å². The molecule has 1 aromatic heterocycles. The van der Waals surface area contributed by atoms with E-state index >= 15 is 0 Å². The zero-order valence-electron chi connectivity index (χ0n) is 12.4. The van der Waals surface area contributed by atoms with E-state index in [9.17, 15) is 4.79 Å². The van der Waals surface area contributed by atoms with Crippen molar-refractivity contribution in [2.24, 2.45) is 0 Å². The number of imidazole rings is 1. The highest BCUT2D eigenvalue weighted by atomic mass is 16.4. The van der Waals surface area contributed by atoms with Crippen LogP contribution in [0.25, 0.3) is 0 Å². The molecular formula is C14H25N3O2. The summed E-state index contributed by atoms with van der Waals surface area (Å²) in [6.45, 7) is 10.7. The second kappa shape index (κ2) is 6.70. The van der Waals surface area contributed by atoms with Crippen LogP contribution in [0.1, 0.15) is 46.2 Å². The number of hydrogen-bond acceptors (Lipinski definition) is 3. The lowest BCUT2D eigenvalue weighted by atomic mass is 10.1. The van der Waals surface area contributed by atoms with Gasteiger partial charge in [0.1, 0.15) is 0 Å². The van der Waals surface area contributed by atoms with Crippen LogP contribution < -0.4 is 0 Å². The Hall–Kier alpha value is -1.36. The van der Waals surface area contributed by atoms with E-state index in [1.807, 2.05) is 12.5 Å². The number of hydrogen-bond donors (Lipinski definition) is 1. The van der Waals surface area contributed by atoms with Crippen LogP contribution in [0.4, 0.5) is 0 Å². The first kappa shape index (κ1) is 15.7. The molecule has 0 aliphatic heterocycles. The fraction of sp³-hybridized carbons (Fsp3) is 0.714. The van der Waals surface area contributed by atoms with E-state index < -0.39 is 5.97 Å². The lowest BCUT2D eigenvalue weighted by molar-refractivity contribution is -0.137. The highest BCUT2D eigenvalue weighted by Crippen LogP contribution is 2.17. The number of aromatic nitrogens is 2. The largest absolute Gasteiger partial charge is 0.481 e. The molecule has 1 aromatic rings. The molecule has 5 heteroatoms. The summed E-state index contributed by atoms with van der Waals surface area (Å²) in [6, 6.07) is 0. The van der Waals surface area contributed by atoms with Gasteiger partial charge in [-0.2, -0.15) is 0 Å². The molecular weight excluding hydrogens is 242 g/mol. The number of aliphatic carboxylic acids is 1. The van der Waals surface area contributed by atoms with Crippen molar-refractivity contribution in [2.75, 3.05) is 6.54 Å². The zero-order chi connectivity index (χ0) is 14.5. The molecule has 0 aliphatic carbocycles. The lowest BCUT2D eigenvalue weighted by Gasteiger charge is -2.35. The van der Waals surface area contributed by atoms with Gasteiger partial charge in [-0.1, -0.05) is 6.92 Å². The summed E-state index contributed by atoms with van der Waals surface area (Å²) >= 11 is 0. The highest BCUT2D eigenvalue weighted by molar-refractivity contribution is 5.66. The van der Waals surface area contributed by atoms with E-state index in [0.717, 1.165) is 25.2 Å². The van der Waals surface area contributed by atoms with Crippen molar-refractivity contribution in [1.82, 2.24) is 14.5 Å². The molecule has 0 saturated carbocycles. The summed E-state index contributed by atoms with van der Waals surface area (Å²) < 4.78 is 2.14. The molecule has 0 spiro atoms. The number of carboxylic acids is 1. The summed E-state index contributed by atoms with van der Waals surface area (Å²) in [6.07, 6.45) is 4.94. The molecule has 1 heterocycles. The Kier molecular flexibility index (Phi) is 5.54. The molecule has 0 amide bonds. The predicted molar refractivity (Wildman–Crippen MR) is 74.9 cm³/mol. The third-order valence-electron chi connectivity index (χ3n) is 3.16. The minimum atomic E-state index is -0.753. The second-order valence-electron chi connectivity index (χ2n) is 5.81. The van der Waals surface area contributed by atoms with Gasteiger partial charge in [0.15, 0.2) is 0 Å². The number of carboxylic acid groups (broad SMARTS) is 1. The average molecular weight is 267 g/mol. The number of carbonyl (C=O) groups is 1. The number of aryl methyl sites for hydroxylation is 1. The number of nitrogens with zero attached hydrogens (tertiary/aromatic N) is 3. The summed E-state index contributed by atoms with van der Waals surface area (Å²) in [5, 5.41) is 8.85. The highest BCUT2D eigenvalue weighted by Gasteiger charge is 2.23. The smallest absolute Gasteiger partial charge is 0.304 e. The zero-order valence-corrected chi connectivity index (χ0v) is 12.4. The van der Waals surface area contributed by atoms with Gasteiger partial charge in [0.25, 0.3) is 0 Å². The van der Waals surface area contributed by atoms with Crippen LogP contribution in [0.2, 0.25) is 0 Å². The molecule has 1 N–H and O–H groups in total. The molecule has 1 rings (SSSR count). The first-order chi connectivity index (χ1) is 8.84. The summed E-state index contributed by atoms with van der Waals surface area (Å²) in [4.78, 5) is 17.1. The van der Waals surface area contributed by atoms with Crippen LogP contribution in [-0.4, -0.2) is 37.6 Å². The maximum absolute atomic E-state index is 10.8. The Morgan fingerprint density at radius 2 is 2.16 bits per heavy atom. The van der Waals surface area contributed by atoms with Crippen molar-refractivity contribution in [2.45, 2.75) is 59.2 Å². The molecule has 5 nitrogen and oxygen atoms in total. The maximum atomic E-state index is 10.8. The lowest BCUT2D eigenvalue weighted by Crippen LogP contribution is -2.42. The van der Waals surface area contributed by atoms with Crippen LogP contribution in [0.5, 0.6) is 0 Å². The van der Waals surface area contributed by atoms with E-state index in [4.69, 9.17) is 5.11 Å². The fourth-order valence-corrected chi connectivity index (χ4v) is 2.00. The SMILES string of the molecule is CCCn1cncc1CN(CCC(=O)O)C(C)(C)C. The molecule has 0 aliphatic rings. The predicted octanol–water partition coefficient (Wildman–Crippen LogP) is 2.37. The molecule has 0 bridgehead atoms. The molecule has 0 unspecified atom stereocenters. The quantitative estimate of drug-likeness (QED) is 0.824. The van der Waals surface area contributed by atoms with Crippen molar-refractivity contribution in [3.05, 3.63) is 18.2 Å². The Bertz CT molecular complexity index is 407. The Morgan fingerprint density at radius 3 is 2.68 bits per heavy atom. The van der Waals surface area contributed by atoms with E-state index in [0.29, 0.717) is 6.54 Å². The fourth-order valence-electron chi connectivity index (χ4n) is 2.00. The molecule has 19 heavy (non-hydrogen) atoms. The molecule has 0 fully saturated rings. The normalized spacial score (nSPS) is 12.1. The Morgan fingerprint density at radius 1 is 1.47 bits per heavy atom. The van der Waals surface area contributed by atoms with Gasteiger partial charge < -0.3 is 9.67 Å². The van der Waals surface area contributed by atoms with Crippen LogP contribution in [0.3, 0.4) is 0 Å². The van der Waals surface area contributed by atoms with E-state index in [1.165, 1.54) is 0 Å². The summed E-state index contributed by atoms with van der Waals surface area (Å²) in [5.74, 6) is -0.753. The van der Waals surface area contributed by atoms with Crippen molar-refractivity contribution < 1.29 is 9.90 Å². The first-order valence-electron chi connectivity index (χ1n) is 6.80. The average Bonchev–Trinajstić information content (AvgIpc) is 2.70. The third kappa shape index (κ3) is 5.03. The van der Waals surface area contributed by atoms with Crippen LogP contribution in [-0.2, 0) is 17.9 Å². The van der Waals surface area contributed by atoms with Gasteiger partial charge >= 0.3 is 5.97 Å². The van der Waals surface area contributed by atoms with Gasteiger partial charge in [0, 0.05) is 31.4 Å². The van der Waals surface area contributed by atoms with Gasteiger partial charge in [0.05, 0.1) is 18.4 Å². The Labute approximate surface area is 115 Å². The van der Waals surface area contributed by atoms with Gasteiger partial charge in [-0.25, -0.2) is 4.98 Å².